The van der Waals surface area contributed by atoms with Gasteiger partial charge in [0.2, 0.25) is 6.41 Å². The second-order valence-corrected chi connectivity index (χ2v) is 8.27. The van der Waals surface area contributed by atoms with Crippen LogP contribution in [0.3, 0.4) is 0 Å². The van der Waals surface area contributed by atoms with E-state index in [0.717, 1.165) is 43.7 Å². The number of primary amides is 1. The SMILES string of the molecule is COc1cc(CCCN2CCCC2)cc(F)c1OC.Fc1ccc(N2CCCC2)cc1.NC=O. The number of benzene rings is 2. The van der Waals surface area contributed by atoms with E-state index in [1.54, 1.807) is 6.07 Å². The third-order valence-corrected chi connectivity index (χ3v) is 5.93. The minimum absolute atomic E-state index is 0.155. The van der Waals surface area contributed by atoms with Gasteiger partial charge in [0.05, 0.1) is 14.2 Å². The Hall–Kier alpha value is -2.87. The molecule has 0 atom stereocenters. The molecule has 0 unspecified atom stereocenters. The molecule has 2 aliphatic rings. The van der Waals surface area contributed by atoms with E-state index in [2.05, 4.69) is 15.5 Å². The van der Waals surface area contributed by atoms with E-state index in [0.29, 0.717) is 5.75 Å². The van der Waals surface area contributed by atoms with Crippen molar-refractivity contribution in [3.05, 3.63) is 53.6 Å². The predicted molar refractivity (Wildman–Crippen MR) is 132 cm³/mol. The summed E-state index contributed by atoms with van der Waals surface area (Å²) >= 11 is 0. The predicted octanol–water partition coefficient (Wildman–Crippen LogP) is 4.40. The molecule has 0 radical (unpaired) electrons. The second kappa shape index (κ2) is 15.1. The van der Waals surface area contributed by atoms with Gasteiger partial charge >= 0.3 is 0 Å². The van der Waals surface area contributed by atoms with Crippen molar-refractivity contribution in [1.29, 1.82) is 0 Å². The monoisotopic (exact) mass is 477 g/mol. The molecule has 2 aliphatic heterocycles. The van der Waals surface area contributed by atoms with Crippen LogP contribution in [-0.2, 0) is 11.2 Å². The molecule has 0 bridgehead atoms. The van der Waals surface area contributed by atoms with Crippen molar-refractivity contribution in [2.75, 3.05) is 51.8 Å². The third kappa shape index (κ3) is 8.82. The third-order valence-electron chi connectivity index (χ3n) is 5.93. The first-order valence-electron chi connectivity index (χ1n) is 11.8. The summed E-state index contributed by atoms with van der Waals surface area (Å²) in [5.74, 6) is 0.153. The number of carbonyl (C=O) groups is 1. The van der Waals surface area contributed by atoms with E-state index in [-0.39, 0.29) is 23.8 Å². The number of ether oxygens (including phenoxy) is 2. The van der Waals surface area contributed by atoms with Crippen LogP contribution in [0, 0.1) is 11.6 Å². The molecule has 2 N–H and O–H groups in total. The second-order valence-electron chi connectivity index (χ2n) is 8.27. The van der Waals surface area contributed by atoms with Crippen LogP contribution in [0.4, 0.5) is 14.5 Å². The van der Waals surface area contributed by atoms with Gasteiger partial charge in [-0.25, -0.2) is 8.78 Å². The molecule has 0 saturated carbocycles. The smallest absolute Gasteiger partial charge is 0.204 e. The van der Waals surface area contributed by atoms with Crippen molar-refractivity contribution in [3.63, 3.8) is 0 Å². The highest BCUT2D eigenvalue weighted by Gasteiger charge is 2.14. The Balaban J connectivity index is 0.000000232. The molecular weight excluding hydrogens is 440 g/mol. The first-order chi connectivity index (χ1) is 16.5. The highest BCUT2D eigenvalue weighted by Crippen LogP contribution is 2.31. The maximum absolute atomic E-state index is 13.8. The van der Waals surface area contributed by atoms with Gasteiger partial charge in [-0.3, -0.25) is 4.79 Å². The number of anilines is 1. The van der Waals surface area contributed by atoms with Crippen LogP contribution in [0.15, 0.2) is 36.4 Å². The molecule has 0 aliphatic carbocycles. The van der Waals surface area contributed by atoms with Crippen LogP contribution >= 0.6 is 0 Å². The van der Waals surface area contributed by atoms with Crippen molar-refractivity contribution < 1.29 is 23.0 Å². The normalized spacial score (nSPS) is 15.1. The molecule has 188 valence electrons. The number of aryl methyl sites for hydroxylation is 1. The van der Waals surface area contributed by atoms with Gasteiger partial charge in [0, 0.05) is 18.8 Å². The molecular formula is C26H37F2N3O3. The topological polar surface area (TPSA) is 68.0 Å². The number of likely N-dealkylation sites (tertiary alicyclic amines) is 1. The summed E-state index contributed by atoms with van der Waals surface area (Å²) in [6.45, 7) is 5.74. The lowest BCUT2D eigenvalue weighted by molar-refractivity contribution is -0.106. The number of methoxy groups -OCH3 is 2. The van der Waals surface area contributed by atoms with Crippen LogP contribution in [0.25, 0.3) is 0 Å². The summed E-state index contributed by atoms with van der Waals surface area (Å²) in [6.07, 6.45) is 7.31. The number of rotatable bonds is 7. The van der Waals surface area contributed by atoms with Gasteiger partial charge in [-0.1, -0.05) is 0 Å². The summed E-state index contributed by atoms with van der Waals surface area (Å²) < 4.78 is 36.5. The van der Waals surface area contributed by atoms with Crippen LogP contribution in [0.2, 0.25) is 0 Å². The average Bonchev–Trinajstić information content (AvgIpc) is 3.55. The molecule has 0 aromatic heterocycles. The Morgan fingerprint density at radius 2 is 1.53 bits per heavy atom. The van der Waals surface area contributed by atoms with E-state index in [1.807, 2.05) is 18.2 Å². The Morgan fingerprint density at radius 1 is 0.941 bits per heavy atom. The highest BCUT2D eigenvalue weighted by atomic mass is 19.1. The lowest BCUT2D eigenvalue weighted by atomic mass is 10.1. The number of nitrogens with zero attached hydrogens (tertiary/aromatic N) is 2. The van der Waals surface area contributed by atoms with Gasteiger partial charge in [-0.2, -0.15) is 0 Å². The zero-order valence-corrected chi connectivity index (χ0v) is 20.3. The number of carbonyl (C=O) groups excluding carboxylic acids is 1. The fourth-order valence-electron chi connectivity index (χ4n) is 4.26. The minimum atomic E-state index is -0.349. The van der Waals surface area contributed by atoms with E-state index >= 15 is 0 Å². The van der Waals surface area contributed by atoms with E-state index in [9.17, 15) is 8.78 Å². The lowest BCUT2D eigenvalue weighted by Gasteiger charge is -2.16. The van der Waals surface area contributed by atoms with Crippen LogP contribution < -0.4 is 20.1 Å². The van der Waals surface area contributed by atoms with Crippen LogP contribution in [0.1, 0.15) is 37.7 Å². The number of hydrogen-bond acceptors (Lipinski definition) is 5. The van der Waals surface area contributed by atoms with E-state index < -0.39 is 0 Å². The Kier molecular flexibility index (Phi) is 12.2. The average molecular weight is 478 g/mol. The van der Waals surface area contributed by atoms with Crippen molar-refractivity contribution in [2.24, 2.45) is 5.73 Å². The molecule has 2 aromatic carbocycles. The van der Waals surface area contributed by atoms with Gasteiger partial charge in [-0.05, 0) is 100 Å². The minimum Gasteiger partial charge on any atom is -0.493 e. The van der Waals surface area contributed by atoms with Crippen LogP contribution in [0.5, 0.6) is 11.5 Å². The van der Waals surface area contributed by atoms with Crippen molar-refractivity contribution >= 4 is 12.1 Å². The lowest BCUT2D eigenvalue weighted by Crippen LogP contribution is -2.20. The molecule has 6 nitrogen and oxygen atoms in total. The largest absolute Gasteiger partial charge is 0.493 e. The number of hydrogen-bond donors (Lipinski definition) is 1. The Bertz CT molecular complexity index is 853. The van der Waals surface area contributed by atoms with Crippen LogP contribution in [-0.4, -0.2) is 58.3 Å². The fourth-order valence-corrected chi connectivity index (χ4v) is 4.26. The van der Waals surface area contributed by atoms with Gasteiger partial charge in [0.25, 0.3) is 0 Å². The van der Waals surface area contributed by atoms with Gasteiger partial charge in [0.15, 0.2) is 17.3 Å². The zero-order chi connectivity index (χ0) is 24.8. The summed E-state index contributed by atoms with van der Waals surface area (Å²) in [5, 5.41) is 0. The molecule has 1 amide bonds. The maximum Gasteiger partial charge on any atom is 0.204 e. The molecule has 34 heavy (non-hydrogen) atoms. The first-order valence-corrected chi connectivity index (χ1v) is 11.8. The summed E-state index contributed by atoms with van der Waals surface area (Å²) in [4.78, 5) is 13.3. The number of nitrogens with two attached hydrogens (primary N) is 1. The Morgan fingerprint density at radius 3 is 2.09 bits per heavy atom. The number of amides is 1. The quantitative estimate of drug-likeness (QED) is 0.599. The molecule has 8 heteroatoms. The van der Waals surface area contributed by atoms with E-state index in [4.69, 9.17) is 14.3 Å². The molecule has 4 rings (SSSR count). The molecule has 2 heterocycles. The molecule has 2 aromatic rings. The number of halogens is 2. The van der Waals surface area contributed by atoms with Gasteiger partial charge in [0.1, 0.15) is 5.82 Å². The van der Waals surface area contributed by atoms with Gasteiger partial charge < -0.3 is 25.0 Å². The summed E-state index contributed by atoms with van der Waals surface area (Å²) in [5.41, 5.74) is 6.28. The van der Waals surface area contributed by atoms with Crippen molar-refractivity contribution in [2.45, 2.75) is 38.5 Å². The Labute approximate surface area is 201 Å². The molecule has 2 saturated heterocycles. The maximum atomic E-state index is 13.8. The standard InChI is InChI=1S/C15H22FNO2.C10H12FN.CH3NO/c1-18-14-11-12(10-13(16)15(14)19-2)6-5-9-17-7-3-4-8-17;11-9-3-5-10(6-4-9)12-7-1-2-8-12;2-1-3/h10-11H,3-9H2,1-2H3;3-6H,1-2,7-8H2;1H,(H2,2,3). The fraction of sp³-hybridized carbons (Fsp3) is 0.500. The molecule has 0 spiro atoms. The first kappa shape index (κ1) is 27.4. The summed E-state index contributed by atoms with van der Waals surface area (Å²) in [7, 11) is 2.99. The highest BCUT2D eigenvalue weighted by molar-refractivity contribution is 5.47. The van der Waals surface area contributed by atoms with Crippen molar-refractivity contribution in [3.8, 4) is 11.5 Å². The van der Waals surface area contributed by atoms with Gasteiger partial charge in [-0.15, -0.1) is 0 Å². The zero-order valence-electron chi connectivity index (χ0n) is 20.3. The van der Waals surface area contributed by atoms with E-state index in [1.165, 1.54) is 65.1 Å². The summed E-state index contributed by atoms with van der Waals surface area (Å²) in [6, 6.07) is 10.2. The molecule has 2 fully saturated rings. The van der Waals surface area contributed by atoms with Crippen molar-refractivity contribution in [1.82, 2.24) is 4.90 Å².